The molecule has 0 bridgehead atoms. The number of nitriles is 1. The molecule has 1 aromatic rings. The summed E-state index contributed by atoms with van der Waals surface area (Å²) in [6, 6.07) is 7.18. The van der Waals surface area contributed by atoms with Gasteiger partial charge < -0.3 is 9.05 Å². The van der Waals surface area contributed by atoms with E-state index >= 15 is 0 Å². The van der Waals surface area contributed by atoms with Crippen molar-refractivity contribution in [2.45, 2.75) is 13.8 Å². The van der Waals surface area contributed by atoms with E-state index in [0.717, 1.165) is 4.47 Å². The predicted octanol–water partition coefficient (Wildman–Crippen LogP) is 3.88. The van der Waals surface area contributed by atoms with Crippen LogP contribution in [0.15, 0.2) is 28.7 Å². The minimum Gasteiger partial charge on any atom is -0.305 e. The van der Waals surface area contributed by atoms with Gasteiger partial charge in [-0.3, -0.25) is 4.57 Å². The van der Waals surface area contributed by atoms with Crippen LogP contribution in [0, 0.1) is 11.3 Å². The Hall–Kier alpha value is -0.920. The Bertz CT molecular complexity index is 541. The normalized spacial score (nSPS) is 11.7. The Morgan fingerprint density at radius 3 is 2.53 bits per heavy atom. The molecule has 0 spiro atoms. The van der Waals surface area contributed by atoms with E-state index in [1.807, 2.05) is 12.1 Å². The second-order valence-electron chi connectivity index (χ2n) is 3.50. The molecule has 0 aromatic heterocycles. The third kappa shape index (κ3) is 4.29. The highest BCUT2D eigenvalue weighted by molar-refractivity contribution is 9.10. The Balaban J connectivity index is 3.36. The van der Waals surface area contributed by atoms with Crippen molar-refractivity contribution in [2.24, 2.45) is 0 Å². The van der Waals surface area contributed by atoms with E-state index in [9.17, 15) is 4.57 Å². The molecule has 0 N–H and O–H groups in total. The van der Waals surface area contributed by atoms with Crippen molar-refractivity contribution in [3.63, 3.8) is 0 Å². The first-order chi connectivity index (χ1) is 9.07. The highest BCUT2D eigenvalue weighted by Crippen LogP contribution is 2.48. The molecular formula is C13H15BrNO3P. The monoisotopic (exact) mass is 343 g/mol. The van der Waals surface area contributed by atoms with Gasteiger partial charge in [0.15, 0.2) is 0 Å². The van der Waals surface area contributed by atoms with E-state index in [1.165, 1.54) is 6.08 Å². The Morgan fingerprint density at radius 2 is 2.00 bits per heavy atom. The quantitative estimate of drug-likeness (QED) is 0.581. The number of benzene rings is 1. The summed E-state index contributed by atoms with van der Waals surface area (Å²) < 4.78 is 24.2. The average Bonchev–Trinajstić information content (AvgIpc) is 2.38. The van der Waals surface area contributed by atoms with E-state index in [0.29, 0.717) is 10.9 Å². The van der Waals surface area contributed by atoms with Gasteiger partial charge in [0.1, 0.15) is 0 Å². The molecule has 102 valence electrons. The van der Waals surface area contributed by atoms with Gasteiger partial charge in [0.2, 0.25) is 0 Å². The van der Waals surface area contributed by atoms with Crippen LogP contribution < -0.4 is 5.30 Å². The smallest absolute Gasteiger partial charge is 0.305 e. The number of allylic oxidation sites excluding steroid dienone is 1. The number of hydrogen-bond acceptors (Lipinski definition) is 4. The third-order valence-corrected chi connectivity index (χ3v) is 4.89. The molecule has 4 nitrogen and oxygen atoms in total. The van der Waals surface area contributed by atoms with Gasteiger partial charge in [-0.25, -0.2) is 0 Å². The van der Waals surface area contributed by atoms with Crippen LogP contribution in [-0.4, -0.2) is 13.2 Å². The first kappa shape index (κ1) is 16.1. The summed E-state index contributed by atoms with van der Waals surface area (Å²) in [7, 11) is -3.37. The third-order valence-electron chi connectivity index (χ3n) is 2.22. The average molecular weight is 344 g/mol. The van der Waals surface area contributed by atoms with Crippen molar-refractivity contribution >= 4 is 34.9 Å². The maximum absolute atomic E-state index is 12.8. The van der Waals surface area contributed by atoms with E-state index in [4.69, 9.17) is 14.3 Å². The summed E-state index contributed by atoms with van der Waals surface area (Å²) >= 11 is 3.34. The van der Waals surface area contributed by atoms with Crippen molar-refractivity contribution in [3.05, 3.63) is 34.3 Å². The van der Waals surface area contributed by atoms with Crippen molar-refractivity contribution in [1.29, 1.82) is 5.26 Å². The van der Waals surface area contributed by atoms with Gasteiger partial charge in [-0.15, -0.1) is 0 Å². The number of hydrogen-bond donors (Lipinski definition) is 0. The first-order valence-electron chi connectivity index (χ1n) is 5.82. The molecule has 0 unspecified atom stereocenters. The van der Waals surface area contributed by atoms with Crippen molar-refractivity contribution in [2.75, 3.05) is 13.2 Å². The molecule has 0 saturated carbocycles. The fraction of sp³-hybridized carbons (Fsp3) is 0.308. The van der Waals surface area contributed by atoms with Gasteiger partial charge in [0.25, 0.3) is 0 Å². The highest BCUT2D eigenvalue weighted by Gasteiger charge is 2.29. The number of rotatable bonds is 6. The summed E-state index contributed by atoms with van der Waals surface area (Å²) in [6.45, 7) is 4.08. The molecule has 1 rings (SSSR count). The lowest BCUT2D eigenvalue weighted by Crippen LogP contribution is -2.14. The second kappa shape index (κ2) is 7.62. The fourth-order valence-corrected chi connectivity index (χ4v) is 3.87. The maximum atomic E-state index is 12.8. The second-order valence-corrected chi connectivity index (χ2v) is 6.41. The molecule has 0 heterocycles. The standard InChI is InChI=1S/C13H15BrNO3P/c1-3-17-19(16,18-4-2)13-10-12(14)8-7-11(13)6-5-9-15/h5-8,10H,3-4H2,1-2H3/b6-5+. The SMILES string of the molecule is CCOP(=O)(OCC)c1cc(Br)ccc1/C=C/C#N. The zero-order valence-electron chi connectivity index (χ0n) is 10.8. The van der Waals surface area contributed by atoms with Crippen LogP contribution in [-0.2, 0) is 13.6 Å². The van der Waals surface area contributed by atoms with Crippen molar-refractivity contribution in [3.8, 4) is 6.07 Å². The van der Waals surface area contributed by atoms with E-state index in [-0.39, 0.29) is 13.2 Å². The molecule has 1 aromatic carbocycles. The van der Waals surface area contributed by atoms with Gasteiger partial charge in [0, 0.05) is 10.5 Å². The first-order valence-corrected chi connectivity index (χ1v) is 8.16. The molecule has 0 aliphatic rings. The Labute approximate surface area is 121 Å². The maximum Gasteiger partial charge on any atom is 0.361 e. The largest absolute Gasteiger partial charge is 0.361 e. The number of nitrogens with zero attached hydrogens (tertiary/aromatic N) is 1. The lowest BCUT2D eigenvalue weighted by molar-refractivity contribution is 0.230. The predicted molar refractivity (Wildman–Crippen MR) is 79.3 cm³/mol. The molecule has 0 aliphatic carbocycles. The van der Waals surface area contributed by atoms with Crippen LogP contribution in [0.5, 0.6) is 0 Å². The van der Waals surface area contributed by atoms with Gasteiger partial charge in [0.05, 0.1) is 24.6 Å². The van der Waals surface area contributed by atoms with Gasteiger partial charge in [-0.05, 0) is 37.6 Å². The molecule has 0 radical (unpaired) electrons. The summed E-state index contributed by atoms with van der Waals surface area (Å²) in [5.41, 5.74) is 0.648. The molecule has 0 atom stereocenters. The summed E-state index contributed by atoms with van der Waals surface area (Å²) in [5, 5.41) is 9.06. The van der Waals surface area contributed by atoms with E-state index in [2.05, 4.69) is 15.9 Å². The van der Waals surface area contributed by atoms with Crippen LogP contribution in [0.2, 0.25) is 0 Å². The van der Waals surface area contributed by atoms with Crippen molar-refractivity contribution < 1.29 is 13.6 Å². The Kier molecular flexibility index (Phi) is 6.47. The van der Waals surface area contributed by atoms with E-state index < -0.39 is 7.60 Å². The van der Waals surface area contributed by atoms with Crippen LogP contribution >= 0.6 is 23.5 Å². The molecule has 0 aliphatic heterocycles. The summed E-state index contributed by atoms with van der Waals surface area (Å²) in [6.07, 6.45) is 2.92. The van der Waals surface area contributed by atoms with Crippen LogP contribution in [0.3, 0.4) is 0 Å². The fourth-order valence-electron chi connectivity index (χ4n) is 1.54. The molecule has 6 heteroatoms. The highest BCUT2D eigenvalue weighted by atomic mass is 79.9. The lowest BCUT2D eigenvalue weighted by atomic mass is 10.2. The molecule has 0 fully saturated rings. The van der Waals surface area contributed by atoms with E-state index in [1.54, 1.807) is 32.1 Å². The van der Waals surface area contributed by atoms with Gasteiger partial charge >= 0.3 is 7.60 Å². The van der Waals surface area contributed by atoms with Crippen LogP contribution in [0.4, 0.5) is 0 Å². The van der Waals surface area contributed by atoms with Gasteiger partial charge in [-0.1, -0.05) is 22.0 Å². The zero-order chi connectivity index (χ0) is 14.3. The summed E-state index contributed by atoms with van der Waals surface area (Å²) in [5.74, 6) is 0. The molecule has 19 heavy (non-hydrogen) atoms. The molecule has 0 saturated heterocycles. The zero-order valence-corrected chi connectivity index (χ0v) is 13.3. The topological polar surface area (TPSA) is 59.3 Å². The molecule has 0 amide bonds. The Morgan fingerprint density at radius 1 is 1.37 bits per heavy atom. The minimum absolute atomic E-state index is 0.283. The number of halogens is 1. The lowest BCUT2D eigenvalue weighted by Gasteiger charge is -2.19. The van der Waals surface area contributed by atoms with Gasteiger partial charge in [-0.2, -0.15) is 5.26 Å². The minimum atomic E-state index is -3.37. The van der Waals surface area contributed by atoms with Crippen molar-refractivity contribution in [1.82, 2.24) is 0 Å². The van der Waals surface area contributed by atoms with Crippen LogP contribution in [0.25, 0.3) is 6.08 Å². The summed E-state index contributed by atoms with van der Waals surface area (Å²) in [4.78, 5) is 0. The molecular weight excluding hydrogens is 329 g/mol. The van der Waals surface area contributed by atoms with Crippen LogP contribution in [0.1, 0.15) is 19.4 Å².